The van der Waals surface area contributed by atoms with Crippen molar-refractivity contribution >= 4 is 133 Å². The van der Waals surface area contributed by atoms with Crippen molar-refractivity contribution in [2.24, 2.45) is 0 Å². The minimum absolute atomic E-state index is 0.100. The monoisotopic (exact) mass is 1060 g/mol. The predicted molar refractivity (Wildman–Crippen MR) is 355 cm³/mol. The summed E-state index contributed by atoms with van der Waals surface area (Å²) < 4.78 is 10.9. The summed E-state index contributed by atoms with van der Waals surface area (Å²) in [5, 5.41) is 10.2. The molecule has 382 valence electrons. The van der Waals surface area contributed by atoms with Gasteiger partial charge in [-0.05, 0) is 126 Å². The van der Waals surface area contributed by atoms with Gasteiger partial charge >= 0.3 is 0 Å². The maximum atomic E-state index is 2.74. The lowest BCUT2D eigenvalue weighted by Crippen LogP contribution is -2.64. The molecule has 13 aromatic carbocycles. The van der Waals surface area contributed by atoms with E-state index in [1.54, 1.807) is 0 Å². The van der Waals surface area contributed by atoms with Gasteiger partial charge < -0.3 is 18.3 Å². The van der Waals surface area contributed by atoms with Crippen molar-refractivity contribution in [2.45, 2.75) is 0 Å². The Morgan fingerprint density at radius 3 is 0.667 bits per heavy atom. The molecule has 0 aliphatic carbocycles. The lowest BCUT2D eigenvalue weighted by molar-refractivity contribution is 1.06. The Hall–Kier alpha value is -10.8. The van der Waals surface area contributed by atoms with Crippen molar-refractivity contribution in [3.05, 3.63) is 267 Å². The molecule has 0 atom stereocenters. The molecule has 4 nitrogen and oxygen atoms in total. The van der Waals surface area contributed by atoms with Crippen LogP contribution in [0.15, 0.2) is 267 Å². The first kappa shape index (κ1) is 43.9. The minimum atomic E-state index is -0.100. The molecular formula is C78H44B2N4. The molecule has 0 saturated heterocycles. The SMILES string of the molecule is c1ccc(-c2ccc3c(c2)c2cccc4c2n3-c2c3c(c5c6c2-n2c7ccc(-c8ccccc8)cc7c7cccc(c72)B6c2cccc6c7cc(-c8ccccc8)ccc7n-5c26)-n2c5ccc(-c6ccccc6)cc5c5cccc(c52)B34)cc1. The highest BCUT2D eigenvalue weighted by Crippen LogP contribution is 2.49. The minimum Gasteiger partial charge on any atom is -0.308 e. The highest BCUT2D eigenvalue weighted by atomic mass is 15.1. The molecule has 0 N–H and O–H groups in total. The van der Waals surface area contributed by atoms with Gasteiger partial charge in [-0.2, -0.15) is 0 Å². The molecule has 0 fully saturated rings. The second-order valence-corrected chi connectivity index (χ2v) is 23.8. The van der Waals surface area contributed by atoms with Gasteiger partial charge in [-0.1, -0.05) is 218 Å². The van der Waals surface area contributed by atoms with Crippen LogP contribution in [0.2, 0.25) is 0 Å². The van der Waals surface area contributed by atoms with E-state index in [1.807, 2.05) is 0 Å². The van der Waals surface area contributed by atoms with Gasteiger partial charge in [0.15, 0.2) is 0 Å². The predicted octanol–water partition coefficient (Wildman–Crippen LogP) is 15.0. The lowest BCUT2D eigenvalue weighted by atomic mass is 9.31. The van der Waals surface area contributed by atoms with Crippen molar-refractivity contribution in [1.29, 1.82) is 0 Å². The fraction of sp³-hybridized carbons (Fsp3) is 0. The van der Waals surface area contributed by atoms with Crippen molar-refractivity contribution in [3.63, 3.8) is 0 Å². The summed E-state index contributed by atoms with van der Waals surface area (Å²) in [4.78, 5) is 0. The van der Waals surface area contributed by atoms with E-state index in [2.05, 4.69) is 285 Å². The van der Waals surface area contributed by atoms with Crippen molar-refractivity contribution in [1.82, 2.24) is 18.3 Å². The summed E-state index contributed by atoms with van der Waals surface area (Å²) in [7, 11) is 0. The van der Waals surface area contributed by atoms with Crippen molar-refractivity contribution < 1.29 is 0 Å². The van der Waals surface area contributed by atoms with Crippen molar-refractivity contribution in [2.75, 3.05) is 0 Å². The van der Waals surface area contributed by atoms with E-state index in [-0.39, 0.29) is 13.4 Å². The zero-order valence-corrected chi connectivity index (χ0v) is 45.3. The maximum absolute atomic E-state index is 2.74. The summed E-state index contributed by atoms with van der Waals surface area (Å²) >= 11 is 0. The molecule has 0 radical (unpaired) electrons. The Morgan fingerprint density at radius 2 is 0.429 bits per heavy atom. The summed E-state index contributed by atoms with van der Waals surface area (Å²) in [6.07, 6.45) is 0. The fourth-order valence-electron chi connectivity index (χ4n) is 16.6. The van der Waals surface area contributed by atoms with E-state index in [9.17, 15) is 0 Å². The maximum Gasteiger partial charge on any atom is 0.252 e. The van der Waals surface area contributed by atoms with Crippen LogP contribution in [0, 0.1) is 0 Å². The van der Waals surface area contributed by atoms with E-state index in [0.717, 1.165) is 0 Å². The van der Waals surface area contributed by atoms with Gasteiger partial charge in [0.1, 0.15) is 0 Å². The molecule has 0 amide bonds. The smallest absolute Gasteiger partial charge is 0.252 e. The van der Waals surface area contributed by atoms with Crippen LogP contribution in [-0.2, 0) is 0 Å². The average Bonchev–Trinajstić information content (AvgIpc) is 1.34. The van der Waals surface area contributed by atoms with E-state index in [1.165, 1.54) is 187 Å². The molecule has 84 heavy (non-hydrogen) atoms. The normalized spacial score (nSPS) is 13.2. The van der Waals surface area contributed by atoms with Gasteiger partial charge in [0.25, 0.3) is 13.4 Å². The molecular weight excluding hydrogens is 1010 g/mol. The van der Waals surface area contributed by atoms with Gasteiger partial charge in [-0.3, -0.25) is 0 Å². The van der Waals surface area contributed by atoms with Crippen LogP contribution in [0.5, 0.6) is 0 Å². The molecule has 0 spiro atoms. The Bertz CT molecular complexity index is 5130. The molecule has 8 heterocycles. The lowest BCUT2D eigenvalue weighted by Gasteiger charge is -2.42. The molecule has 4 aliphatic rings. The second-order valence-electron chi connectivity index (χ2n) is 23.8. The van der Waals surface area contributed by atoms with E-state index >= 15 is 0 Å². The molecule has 4 aliphatic heterocycles. The molecule has 4 aromatic heterocycles. The van der Waals surface area contributed by atoms with Crippen LogP contribution in [0.4, 0.5) is 0 Å². The third-order valence-corrected chi connectivity index (χ3v) is 19.9. The van der Waals surface area contributed by atoms with Crippen LogP contribution >= 0.6 is 0 Å². The quantitative estimate of drug-likeness (QED) is 0.157. The Kier molecular flexibility index (Phi) is 8.15. The van der Waals surface area contributed by atoms with Crippen LogP contribution < -0.4 is 32.8 Å². The summed E-state index contributed by atoms with van der Waals surface area (Å²) in [6, 6.07) is 101. The number of hydrogen-bond acceptors (Lipinski definition) is 0. The number of benzene rings is 13. The van der Waals surface area contributed by atoms with Crippen LogP contribution in [-0.4, -0.2) is 31.7 Å². The summed E-state index contributed by atoms with van der Waals surface area (Å²) in [5.74, 6) is 0. The number of para-hydroxylation sites is 4. The third-order valence-electron chi connectivity index (χ3n) is 19.9. The second kappa shape index (κ2) is 15.6. The fourth-order valence-corrected chi connectivity index (χ4v) is 16.6. The largest absolute Gasteiger partial charge is 0.308 e. The Balaban J connectivity index is 1.01. The topological polar surface area (TPSA) is 19.7 Å². The first-order valence-electron chi connectivity index (χ1n) is 29.5. The number of aromatic nitrogens is 4. The first-order chi connectivity index (χ1) is 41.7. The van der Waals surface area contributed by atoms with Gasteiger partial charge in [-0.25, -0.2) is 0 Å². The third kappa shape index (κ3) is 5.30. The highest BCUT2D eigenvalue weighted by molar-refractivity contribution is 7.03. The Labute approximate surface area is 483 Å². The number of rotatable bonds is 4. The highest BCUT2D eigenvalue weighted by Gasteiger charge is 2.50. The summed E-state index contributed by atoms with van der Waals surface area (Å²) in [6.45, 7) is -0.201. The average molecular weight is 1060 g/mol. The summed E-state index contributed by atoms with van der Waals surface area (Å²) in [5.41, 5.74) is 33.0. The van der Waals surface area contributed by atoms with Gasteiger partial charge in [-0.15, -0.1) is 0 Å². The zero-order chi connectivity index (χ0) is 54.2. The standard InChI is InChI=1S/C78H44B2N4/c1-5-17-45(18-6-1)49-33-37-65-57(41-49)53-25-13-29-61-71(53)81(65)75-69-77(83-67-39-35-51(47-21-9-3-10-22-47)43-59(67)54-26-14-30-62(72(54)83)79(61)69)78-70-76(75)82-66-38-34-50(46-19-7-2-8-20-46)42-58(66)55-27-15-31-63(73(55)82)80(70)64-32-16-28-56-60-44-52(48-23-11-4-12-24-48)36-40-68(60)84(78)74(56)64/h1-44H. The first-order valence-corrected chi connectivity index (χ1v) is 29.5. The molecule has 0 unspecified atom stereocenters. The zero-order valence-electron chi connectivity index (χ0n) is 45.3. The van der Waals surface area contributed by atoms with Gasteiger partial charge in [0, 0.05) is 65.2 Å². The van der Waals surface area contributed by atoms with Crippen LogP contribution in [0.1, 0.15) is 0 Å². The van der Waals surface area contributed by atoms with Crippen LogP contribution in [0.3, 0.4) is 0 Å². The van der Waals surface area contributed by atoms with Crippen molar-refractivity contribution in [3.8, 4) is 67.3 Å². The van der Waals surface area contributed by atoms with Gasteiger partial charge in [0.2, 0.25) is 0 Å². The number of hydrogen-bond donors (Lipinski definition) is 0. The molecule has 0 bridgehead atoms. The van der Waals surface area contributed by atoms with E-state index < -0.39 is 0 Å². The molecule has 17 aromatic rings. The molecule has 21 rings (SSSR count). The van der Waals surface area contributed by atoms with Gasteiger partial charge in [0.05, 0.1) is 44.8 Å². The molecule has 0 saturated carbocycles. The molecule has 6 heteroatoms. The van der Waals surface area contributed by atoms with Crippen LogP contribution in [0.25, 0.3) is 154 Å². The number of fused-ring (bicyclic) bond motifs is 22. The van der Waals surface area contributed by atoms with E-state index in [0.29, 0.717) is 0 Å². The van der Waals surface area contributed by atoms with E-state index in [4.69, 9.17) is 0 Å². The Morgan fingerprint density at radius 1 is 0.190 bits per heavy atom. The number of nitrogens with zero attached hydrogens (tertiary/aromatic N) is 4.